The Labute approximate surface area is 647 Å². The van der Waals surface area contributed by atoms with Gasteiger partial charge in [0.2, 0.25) is 70.7 Å². The maximum atomic E-state index is 7.42. The van der Waals surface area contributed by atoms with Gasteiger partial charge in [0.05, 0.1) is 0 Å². The van der Waals surface area contributed by atoms with Gasteiger partial charge in [0, 0.05) is 66.8 Å². The number of hydrogen-bond acceptors (Lipinski definition) is 27. The van der Waals surface area contributed by atoms with E-state index in [0.29, 0.717) is 68.7 Å². The van der Waals surface area contributed by atoms with E-state index in [9.17, 15) is 0 Å². The predicted molar refractivity (Wildman–Crippen MR) is 423 cm³/mol. The van der Waals surface area contributed by atoms with Gasteiger partial charge in [0.25, 0.3) is 0 Å². The molecule has 114 heavy (non-hydrogen) atoms. The van der Waals surface area contributed by atoms with Gasteiger partial charge in [-0.3, -0.25) is 0 Å². The molecule has 0 fully saturated rings. The topological polar surface area (TPSA) is 326 Å². The molecule has 0 radical (unpaired) electrons. The average Bonchev–Trinajstić information content (AvgIpc) is 1.04. The van der Waals surface area contributed by atoms with Crippen LogP contribution in [0.25, 0.3) is 137 Å². The van der Waals surface area contributed by atoms with Crippen LogP contribution in [-0.2, 0) is 0 Å². The highest BCUT2D eigenvalue weighted by Gasteiger charge is 2.49. The van der Waals surface area contributed by atoms with Crippen molar-refractivity contribution >= 4 is 23.0 Å². The maximum absolute atomic E-state index is 7.42. The van der Waals surface area contributed by atoms with E-state index in [1.54, 1.807) is 146 Å². The van der Waals surface area contributed by atoms with Crippen molar-refractivity contribution in [1.29, 1.82) is 0 Å². The molecule has 18 aromatic rings. The number of benzene rings is 12. The molecule has 7 heterocycles. The summed E-state index contributed by atoms with van der Waals surface area (Å²) >= 11 is 0. The molecular weight excluding hydrogens is 1500 g/mol. The molecule has 27 nitrogen and oxygen atoms in total. The Balaban J connectivity index is 0.804. The standard InChI is InChI=1S/C84H54N15O12P3/c1-7-19-55(20-8-1)73-85-91-79(100-73)61-31-43-67(44-32-61)106-112(107-68-45-33-62(34-46-68)80-92-86-74(101-80)56-21-9-2-10-22-56)97-113(108-69-47-35-63(36-48-69)81-93-87-75(102-81)57-23-11-3-12-24-57,109-70-49-37-64(38-50-70)82-94-88-76(103-82)58-25-13-4-14-26-58)99-114(98-112,110-71-51-39-65(40-52-71)83-95-89-77(104-83)59-27-15-5-16-28-59)111-72-53-41-66(42-54-72)84-96-90-78(105-84)60-29-17-6-18-30-60/h1-54H. The third-order valence-electron chi connectivity index (χ3n) is 17.3. The molecule has 552 valence electrons. The first-order chi connectivity index (χ1) is 56.2. The molecular formula is C84H54N15O12P3. The normalized spacial score (nSPS) is 13.2. The van der Waals surface area contributed by atoms with Crippen LogP contribution in [0.15, 0.2) is 368 Å². The van der Waals surface area contributed by atoms with Crippen molar-refractivity contribution in [1.82, 2.24) is 61.2 Å². The largest absolute Gasteiger partial charge is 0.460 e. The van der Waals surface area contributed by atoms with E-state index in [1.165, 1.54) is 0 Å². The lowest BCUT2D eigenvalue weighted by Crippen LogP contribution is -2.11. The quantitative estimate of drug-likeness (QED) is 0.0507. The molecule has 0 atom stereocenters. The van der Waals surface area contributed by atoms with Crippen LogP contribution >= 0.6 is 23.0 Å². The van der Waals surface area contributed by atoms with Crippen molar-refractivity contribution in [3.8, 4) is 172 Å². The first kappa shape index (κ1) is 69.4. The van der Waals surface area contributed by atoms with E-state index in [2.05, 4.69) is 61.2 Å². The summed E-state index contributed by atoms with van der Waals surface area (Å²) in [6.07, 6.45) is 0. The second-order valence-electron chi connectivity index (χ2n) is 25.1. The highest BCUT2D eigenvalue weighted by atomic mass is 31.3. The summed E-state index contributed by atoms with van der Waals surface area (Å²) < 4.78 is 98.8. The highest BCUT2D eigenvalue weighted by Crippen LogP contribution is 2.79. The Hall–Kier alpha value is -15.0. The van der Waals surface area contributed by atoms with Gasteiger partial charge in [-0.2, -0.15) is 0 Å². The van der Waals surface area contributed by atoms with Gasteiger partial charge in [-0.15, -0.1) is 61.2 Å². The van der Waals surface area contributed by atoms with E-state index in [0.717, 1.165) is 33.4 Å². The predicted octanol–water partition coefficient (Wildman–Crippen LogP) is 22.6. The minimum absolute atomic E-state index is 0.173. The molecule has 12 aromatic carbocycles. The molecule has 30 heteroatoms. The number of nitrogens with zero attached hydrogens (tertiary/aromatic N) is 15. The first-order valence-electron chi connectivity index (χ1n) is 35.2. The van der Waals surface area contributed by atoms with Gasteiger partial charge in [0.15, 0.2) is 0 Å². The molecule has 19 rings (SSSR count). The van der Waals surface area contributed by atoms with Gasteiger partial charge in [-0.05, 0) is 218 Å². The lowest BCUT2D eigenvalue weighted by atomic mass is 10.2. The highest BCUT2D eigenvalue weighted by molar-refractivity contribution is 7.79. The second-order valence-corrected chi connectivity index (χ2v) is 31.3. The number of rotatable bonds is 24. The third-order valence-corrected chi connectivity index (χ3v) is 25.4. The molecule has 0 saturated carbocycles. The van der Waals surface area contributed by atoms with E-state index in [4.69, 9.17) is 67.2 Å². The molecule has 0 unspecified atom stereocenters. The summed E-state index contributed by atoms with van der Waals surface area (Å²) in [5, 5.41) is 52.7. The summed E-state index contributed by atoms with van der Waals surface area (Å²) in [5.74, 6) is 4.35. The van der Waals surface area contributed by atoms with Crippen LogP contribution in [0.2, 0.25) is 0 Å². The van der Waals surface area contributed by atoms with Gasteiger partial charge in [-0.1, -0.05) is 123 Å². The van der Waals surface area contributed by atoms with Crippen LogP contribution in [0.1, 0.15) is 0 Å². The fourth-order valence-electron chi connectivity index (χ4n) is 11.8. The zero-order valence-electron chi connectivity index (χ0n) is 59.1. The van der Waals surface area contributed by atoms with Crippen LogP contribution < -0.4 is 27.1 Å². The molecule has 1 aliphatic rings. The zero-order chi connectivity index (χ0) is 76.1. The lowest BCUT2D eigenvalue weighted by Gasteiger charge is -2.33. The van der Waals surface area contributed by atoms with Crippen molar-refractivity contribution < 1.29 is 53.6 Å². The average molecular weight is 1560 g/mol. The molecule has 0 N–H and O–H groups in total. The zero-order valence-corrected chi connectivity index (χ0v) is 61.8. The van der Waals surface area contributed by atoms with Gasteiger partial charge in [0.1, 0.15) is 34.5 Å². The molecule has 0 bridgehead atoms. The number of hydrogen-bond donors (Lipinski definition) is 0. The Morgan fingerprint density at radius 2 is 0.254 bits per heavy atom. The second kappa shape index (κ2) is 30.4. The van der Waals surface area contributed by atoms with Crippen molar-refractivity contribution in [2.75, 3.05) is 0 Å². The van der Waals surface area contributed by atoms with Gasteiger partial charge < -0.3 is 53.6 Å². The first-order valence-corrected chi connectivity index (χ1v) is 39.8. The van der Waals surface area contributed by atoms with Crippen LogP contribution in [0, 0.1) is 0 Å². The fourth-order valence-corrected chi connectivity index (χ4v) is 20.8. The van der Waals surface area contributed by atoms with E-state index >= 15 is 0 Å². The van der Waals surface area contributed by atoms with Crippen LogP contribution in [0.3, 0.4) is 0 Å². The SMILES string of the molecule is c1ccc(-c2nnc(-c3ccc(OP4(Oc5ccc(-c6nnc(-c7ccccc7)o6)cc5)=NP(Oc5ccc(-c6nnc(-c7ccccc7)o6)cc5)(Oc5ccc(-c6nnc(-c7ccccc7)o6)cc5)=NP(Oc5ccc(-c6nnc(-c7ccccc7)o6)cc5)(Oc5ccc(-c6nnc(-c7ccccc7)o6)cc5)=N4)cc3)o2)cc1. The summed E-state index contributed by atoms with van der Waals surface area (Å²) in [6, 6.07) is 97.9. The van der Waals surface area contributed by atoms with Gasteiger partial charge in [-0.25, -0.2) is 0 Å². The fraction of sp³-hybridized carbons (Fsp3) is 0. The van der Waals surface area contributed by atoms with E-state index in [1.807, 2.05) is 182 Å². The Kier molecular flexibility index (Phi) is 18.5. The molecule has 1 aliphatic heterocycles. The summed E-state index contributed by atoms with van der Waals surface area (Å²) in [6.45, 7) is 0. The van der Waals surface area contributed by atoms with Crippen LogP contribution in [0.4, 0.5) is 0 Å². The Bertz CT molecular complexity index is 5530. The maximum Gasteiger partial charge on any atom is 0.460 e. The monoisotopic (exact) mass is 1560 g/mol. The Morgan fingerprint density at radius 3 is 0.377 bits per heavy atom. The minimum Gasteiger partial charge on any atom is -0.416 e. The molecule has 0 saturated heterocycles. The third kappa shape index (κ3) is 15.1. The Morgan fingerprint density at radius 1 is 0.140 bits per heavy atom. The van der Waals surface area contributed by atoms with Crippen molar-refractivity contribution in [3.05, 3.63) is 328 Å². The van der Waals surface area contributed by atoms with Crippen LogP contribution in [0.5, 0.6) is 34.5 Å². The minimum atomic E-state index is -4.69. The van der Waals surface area contributed by atoms with Crippen molar-refractivity contribution in [2.24, 2.45) is 13.5 Å². The lowest BCUT2D eigenvalue weighted by molar-refractivity contribution is 0.443. The molecule has 0 spiro atoms. The van der Waals surface area contributed by atoms with E-state index in [-0.39, 0.29) is 69.8 Å². The van der Waals surface area contributed by atoms with Crippen molar-refractivity contribution in [3.63, 3.8) is 0 Å². The molecule has 6 aromatic heterocycles. The van der Waals surface area contributed by atoms with Crippen molar-refractivity contribution in [2.45, 2.75) is 0 Å². The number of aromatic nitrogens is 12. The van der Waals surface area contributed by atoms with E-state index < -0.39 is 23.0 Å². The van der Waals surface area contributed by atoms with Gasteiger partial charge >= 0.3 is 23.0 Å². The summed E-state index contributed by atoms with van der Waals surface area (Å²) in [7, 11) is -14.1. The smallest absolute Gasteiger partial charge is 0.416 e. The molecule has 0 aliphatic carbocycles. The molecule has 0 amide bonds. The summed E-state index contributed by atoms with van der Waals surface area (Å²) in [4.78, 5) is 0. The summed E-state index contributed by atoms with van der Waals surface area (Å²) in [5.41, 5.74) is 7.72. The van der Waals surface area contributed by atoms with Crippen LogP contribution in [-0.4, -0.2) is 61.2 Å².